The quantitative estimate of drug-likeness (QED) is 0.745. The maximum absolute atomic E-state index is 14.2. The summed E-state index contributed by atoms with van der Waals surface area (Å²) in [6.45, 7) is 2.17. The maximum atomic E-state index is 14.2. The molecule has 0 bridgehead atoms. The van der Waals surface area contributed by atoms with E-state index in [9.17, 15) is 9.18 Å². The van der Waals surface area contributed by atoms with Crippen molar-refractivity contribution in [3.63, 3.8) is 0 Å². The van der Waals surface area contributed by atoms with Crippen LogP contribution >= 0.6 is 0 Å². The van der Waals surface area contributed by atoms with E-state index in [0.29, 0.717) is 18.6 Å². The topological polar surface area (TPSA) is 88.0 Å². The number of carbonyl (C=O) groups is 1. The Labute approximate surface area is 119 Å². The molecule has 7 nitrogen and oxygen atoms in total. The second-order valence-electron chi connectivity index (χ2n) is 4.65. The van der Waals surface area contributed by atoms with Crippen LogP contribution < -0.4 is 5.32 Å². The third kappa shape index (κ3) is 2.60. The molecule has 0 aromatic carbocycles. The number of imidazole rings is 1. The van der Waals surface area contributed by atoms with Crippen molar-refractivity contribution in [2.75, 3.05) is 6.54 Å². The number of rotatable bonds is 4. The van der Waals surface area contributed by atoms with Crippen molar-refractivity contribution in [1.29, 1.82) is 0 Å². The molecule has 0 saturated carbocycles. The van der Waals surface area contributed by atoms with Gasteiger partial charge in [-0.3, -0.25) is 9.20 Å². The van der Waals surface area contributed by atoms with E-state index in [2.05, 4.69) is 25.7 Å². The summed E-state index contributed by atoms with van der Waals surface area (Å²) >= 11 is 0. The molecule has 3 aromatic heterocycles. The maximum Gasteiger partial charge on any atom is 0.274 e. The number of carbonyl (C=O) groups excluding carboxylic acids is 1. The van der Waals surface area contributed by atoms with Gasteiger partial charge in [-0.25, -0.2) is 4.98 Å². The van der Waals surface area contributed by atoms with Crippen LogP contribution in [0, 0.1) is 12.9 Å². The number of aryl methyl sites for hydroxylation is 1. The standard InChI is InChI=1S/C13H13FN6O/c1-8-2-3-10-17-11(12(14)20(10)7-8)13(21)15-5-4-9-6-16-19-18-9/h2-3,6-7H,4-5H2,1H3,(H,15,21)(H,16,18,19). The Balaban J connectivity index is 1.73. The summed E-state index contributed by atoms with van der Waals surface area (Å²) in [5.74, 6) is -1.20. The van der Waals surface area contributed by atoms with E-state index < -0.39 is 11.9 Å². The Morgan fingerprint density at radius 3 is 3.10 bits per heavy atom. The Morgan fingerprint density at radius 2 is 2.33 bits per heavy atom. The average molecular weight is 288 g/mol. The van der Waals surface area contributed by atoms with Crippen molar-refractivity contribution in [3.8, 4) is 0 Å². The lowest BCUT2D eigenvalue weighted by Gasteiger charge is -2.01. The van der Waals surface area contributed by atoms with Crippen LogP contribution in [0.3, 0.4) is 0 Å². The van der Waals surface area contributed by atoms with Crippen molar-refractivity contribution in [1.82, 2.24) is 30.1 Å². The molecule has 3 aromatic rings. The molecular weight excluding hydrogens is 275 g/mol. The van der Waals surface area contributed by atoms with Gasteiger partial charge in [0, 0.05) is 19.2 Å². The van der Waals surface area contributed by atoms with Gasteiger partial charge in [-0.05, 0) is 18.6 Å². The number of aromatic nitrogens is 5. The normalized spacial score (nSPS) is 11.0. The number of fused-ring (bicyclic) bond motifs is 1. The van der Waals surface area contributed by atoms with Crippen LogP contribution in [-0.4, -0.2) is 37.2 Å². The van der Waals surface area contributed by atoms with Gasteiger partial charge in [0.1, 0.15) is 5.65 Å². The van der Waals surface area contributed by atoms with Gasteiger partial charge in [-0.15, -0.1) is 0 Å². The number of H-pyrrole nitrogens is 1. The van der Waals surface area contributed by atoms with E-state index in [1.54, 1.807) is 18.5 Å². The first-order chi connectivity index (χ1) is 10.1. The molecule has 0 aliphatic rings. The average Bonchev–Trinajstić information content (AvgIpc) is 3.08. The second-order valence-corrected chi connectivity index (χ2v) is 4.65. The summed E-state index contributed by atoms with van der Waals surface area (Å²) in [6.07, 6.45) is 3.68. The Kier molecular flexibility index (Phi) is 3.35. The molecule has 21 heavy (non-hydrogen) atoms. The van der Waals surface area contributed by atoms with Crippen molar-refractivity contribution in [2.24, 2.45) is 0 Å². The predicted octanol–water partition coefficient (Wildman–Crippen LogP) is 0.872. The van der Waals surface area contributed by atoms with Crippen LogP contribution in [-0.2, 0) is 6.42 Å². The minimum absolute atomic E-state index is 0.208. The SMILES string of the molecule is Cc1ccc2nc(C(=O)NCCc3cn[nH]n3)c(F)n2c1. The molecule has 0 spiro atoms. The fourth-order valence-corrected chi connectivity index (χ4v) is 2.00. The smallest absolute Gasteiger partial charge is 0.274 e. The molecule has 3 rings (SSSR count). The molecular formula is C13H13FN6O. The van der Waals surface area contributed by atoms with E-state index in [4.69, 9.17) is 0 Å². The second kappa shape index (κ2) is 5.31. The van der Waals surface area contributed by atoms with Crippen LogP contribution in [0.2, 0.25) is 0 Å². The van der Waals surface area contributed by atoms with Crippen molar-refractivity contribution >= 4 is 11.6 Å². The summed E-state index contributed by atoms with van der Waals surface area (Å²) in [5, 5.41) is 12.6. The fraction of sp³-hybridized carbons (Fsp3) is 0.231. The number of aromatic amines is 1. The third-order valence-corrected chi connectivity index (χ3v) is 3.05. The number of pyridine rings is 1. The number of nitrogens with one attached hydrogen (secondary N) is 2. The summed E-state index contributed by atoms with van der Waals surface area (Å²) < 4.78 is 15.4. The van der Waals surface area contributed by atoms with E-state index in [1.807, 2.05) is 13.0 Å². The molecule has 8 heteroatoms. The first-order valence-electron chi connectivity index (χ1n) is 6.42. The number of hydrogen-bond donors (Lipinski definition) is 2. The van der Waals surface area contributed by atoms with Crippen LogP contribution in [0.15, 0.2) is 24.5 Å². The predicted molar refractivity (Wildman–Crippen MR) is 72.3 cm³/mol. The zero-order valence-corrected chi connectivity index (χ0v) is 11.3. The highest BCUT2D eigenvalue weighted by Gasteiger charge is 2.18. The monoisotopic (exact) mass is 288 g/mol. The Bertz CT molecular complexity index is 779. The molecule has 0 aliphatic carbocycles. The summed E-state index contributed by atoms with van der Waals surface area (Å²) in [5.41, 5.74) is 1.80. The van der Waals surface area contributed by atoms with Crippen molar-refractivity contribution in [3.05, 3.63) is 47.4 Å². The van der Waals surface area contributed by atoms with Crippen LogP contribution in [0.25, 0.3) is 5.65 Å². The van der Waals surface area contributed by atoms with Crippen LogP contribution in [0.1, 0.15) is 21.7 Å². The van der Waals surface area contributed by atoms with Gasteiger partial charge in [0.2, 0.25) is 5.95 Å². The lowest BCUT2D eigenvalue weighted by Crippen LogP contribution is -2.27. The zero-order chi connectivity index (χ0) is 14.8. The molecule has 2 N–H and O–H groups in total. The zero-order valence-electron chi connectivity index (χ0n) is 11.3. The molecule has 0 aliphatic heterocycles. The lowest BCUT2D eigenvalue weighted by molar-refractivity contribution is 0.0945. The van der Waals surface area contributed by atoms with Crippen LogP contribution in [0.5, 0.6) is 0 Å². The molecule has 0 radical (unpaired) electrons. The van der Waals surface area contributed by atoms with Gasteiger partial charge >= 0.3 is 0 Å². The van der Waals surface area contributed by atoms with Crippen LogP contribution in [0.4, 0.5) is 4.39 Å². The minimum Gasteiger partial charge on any atom is -0.350 e. The molecule has 1 amide bonds. The first-order valence-corrected chi connectivity index (χ1v) is 6.42. The van der Waals surface area contributed by atoms with Gasteiger partial charge in [-0.1, -0.05) is 6.07 Å². The molecule has 3 heterocycles. The largest absolute Gasteiger partial charge is 0.350 e. The number of amides is 1. The first kappa shape index (κ1) is 13.2. The van der Waals surface area contributed by atoms with Gasteiger partial charge in [0.25, 0.3) is 5.91 Å². The molecule has 0 unspecified atom stereocenters. The fourth-order valence-electron chi connectivity index (χ4n) is 2.00. The summed E-state index contributed by atoms with van der Waals surface area (Å²) in [4.78, 5) is 16.0. The Morgan fingerprint density at radius 1 is 1.48 bits per heavy atom. The molecule has 0 fully saturated rings. The third-order valence-electron chi connectivity index (χ3n) is 3.05. The number of hydrogen-bond acceptors (Lipinski definition) is 4. The van der Waals surface area contributed by atoms with Gasteiger partial charge in [0.05, 0.1) is 11.9 Å². The van der Waals surface area contributed by atoms with E-state index in [-0.39, 0.29) is 5.69 Å². The van der Waals surface area contributed by atoms with E-state index >= 15 is 0 Å². The lowest BCUT2D eigenvalue weighted by atomic mass is 10.3. The van der Waals surface area contributed by atoms with Crippen molar-refractivity contribution < 1.29 is 9.18 Å². The van der Waals surface area contributed by atoms with E-state index in [0.717, 1.165) is 11.3 Å². The minimum atomic E-state index is -0.660. The number of halogens is 1. The Hall–Kier alpha value is -2.77. The van der Waals surface area contributed by atoms with Gasteiger partial charge < -0.3 is 5.32 Å². The summed E-state index contributed by atoms with van der Waals surface area (Å²) in [7, 11) is 0. The van der Waals surface area contributed by atoms with E-state index in [1.165, 1.54) is 4.40 Å². The molecule has 0 atom stereocenters. The van der Waals surface area contributed by atoms with Gasteiger partial charge in [-0.2, -0.15) is 19.8 Å². The number of nitrogens with zero attached hydrogens (tertiary/aromatic N) is 4. The highest BCUT2D eigenvalue weighted by atomic mass is 19.1. The highest BCUT2D eigenvalue weighted by molar-refractivity contribution is 5.93. The summed E-state index contributed by atoms with van der Waals surface area (Å²) in [6, 6.07) is 3.48. The highest BCUT2D eigenvalue weighted by Crippen LogP contribution is 2.12. The molecule has 0 saturated heterocycles. The van der Waals surface area contributed by atoms with Gasteiger partial charge in [0.15, 0.2) is 5.69 Å². The van der Waals surface area contributed by atoms with Crippen molar-refractivity contribution in [2.45, 2.75) is 13.3 Å². The molecule has 108 valence electrons.